The zero-order valence-corrected chi connectivity index (χ0v) is 11.5. The molecule has 102 valence electrons. The van der Waals surface area contributed by atoms with Crippen LogP contribution in [0, 0.1) is 10.8 Å². The fraction of sp³-hybridized carbons (Fsp3) is 0.923. The maximum absolute atomic E-state index is 12.2. The van der Waals surface area contributed by atoms with Gasteiger partial charge in [-0.2, -0.15) is 0 Å². The number of amides is 1. The van der Waals surface area contributed by atoms with Crippen LogP contribution in [0.2, 0.25) is 0 Å². The maximum atomic E-state index is 12.2. The van der Waals surface area contributed by atoms with Crippen LogP contribution in [0.1, 0.15) is 20.8 Å². The van der Waals surface area contributed by atoms with Crippen molar-refractivity contribution in [2.45, 2.75) is 26.4 Å². The smallest absolute Gasteiger partial charge is 0.410 e. The molecule has 0 aromatic rings. The lowest BCUT2D eigenvalue weighted by molar-refractivity contribution is 0.0261. The van der Waals surface area contributed by atoms with Crippen molar-refractivity contribution >= 4 is 6.09 Å². The summed E-state index contributed by atoms with van der Waals surface area (Å²) >= 11 is 0. The minimum Gasteiger partial charge on any atom is -0.444 e. The Hall–Kier alpha value is -0.810. The van der Waals surface area contributed by atoms with Gasteiger partial charge in [0.05, 0.1) is 0 Å². The average molecular weight is 253 g/mol. The van der Waals surface area contributed by atoms with E-state index in [4.69, 9.17) is 4.74 Å². The summed E-state index contributed by atoms with van der Waals surface area (Å²) in [6.45, 7) is 11.5. The largest absolute Gasteiger partial charge is 0.444 e. The van der Waals surface area contributed by atoms with E-state index in [1.807, 2.05) is 25.7 Å². The van der Waals surface area contributed by atoms with Gasteiger partial charge in [0.25, 0.3) is 0 Å². The highest BCUT2D eigenvalue weighted by atomic mass is 16.6. The zero-order valence-electron chi connectivity index (χ0n) is 11.5. The van der Waals surface area contributed by atoms with Gasteiger partial charge in [-0.15, -0.1) is 0 Å². The standard InChI is InChI=1S/C13H23N3O2/c1-11(2,3)18-10(17)16-8-12-4-14-6-13(12,9-16)7-15-5-12/h14-15H,4-9H2,1-3H3. The molecule has 2 N–H and O–H groups in total. The van der Waals surface area contributed by atoms with E-state index in [0.717, 1.165) is 39.3 Å². The Labute approximate surface area is 108 Å². The highest BCUT2D eigenvalue weighted by Crippen LogP contribution is 2.51. The lowest BCUT2D eigenvalue weighted by Gasteiger charge is -2.28. The van der Waals surface area contributed by atoms with Crippen LogP contribution in [0.5, 0.6) is 0 Å². The third-order valence-electron chi connectivity index (χ3n) is 4.62. The molecule has 0 saturated carbocycles. The third-order valence-corrected chi connectivity index (χ3v) is 4.62. The summed E-state index contributed by atoms with van der Waals surface area (Å²) in [6.07, 6.45) is -0.155. The predicted octanol–water partition coefficient (Wildman–Crippen LogP) is 0.416. The van der Waals surface area contributed by atoms with Crippen LogP contribution in [0.4, 0.5) is 4.79 Å². The van der Waals surface area contributed by atoms with Gasteiger partial charge in [0, 0.05) is 50.1 Å². The van der Waals surface area contributed by atoms with E-state index in [2.05, 4.69) is 10.6 Å². The van der Waals surface area contributed by atoms with Crippen molar-refractivity contribution in [1.82, 2.24) is 15.5 Å². The molecule has 0 unspecified atom stereocenters. The van der Waals surface area contributed by atoms with Crippen LogP contribution in [0.15, 0.2) is 0 Å². The molecule has 3 heterocycles. The van der Waals surface area contributed by atoms with Gasteiger partial charge in [-0.1, -0.05) is 0 Å². The van der Waals surface area contributed by atoms with Crippen molar-refractivity contribution in [3.8, 4) is 0 Å². The zero-order chi connectivity index (χ0) is 13.0. The molecule has 0 radical (unpaired) electrons. The Morgan fingerprint density at radius 1 is 1.06 bits per heavy atom. The lowest BCUT2D eigenvalue weighted by Crippen LogP contribution is -2.42. The Morgan fingerprint density at radius 2 is 1.50 bits per heavy atom. The molecule has 3 saturated heterocycles. The van der Waals surface area contributed by atoms with Gasteiger partial charge in [0.1, 0.15) is 5.60 Å². The van der Waals surface area contributed by atoms with E-state index in [0.29, 0.717) is 0 Å². The lowest BCUT2D eigenvalue weighted by atomic mass is 9.71. The summed E-state index contributed by atoms with van der Waals surface area (Å²) in [7, 11) is 0. The van der Waals surface area contributed by atoms with Crippen LogP contribution in [-0.4, -0.2) is 55.9 Å². The number of carbonyl (C=O) groups excluding carboxylic acids is 1. The minimum atomic E-state index is -0.407. The molecule has 18 heavy (non-hydrogen) atoms. The van der Waals surface area contributed by atoms with Crippen LogP contribution in [-0.2, 0) is 4.74 Å². The van der Waals surface area contributed by atoms with E-state index in [-0.39, 0.29) is 16.9 Å². The molecule has 0 bridgehead atoms. The number of likely N-dealkylation sites (tertiary alicyclic amines) is 1. The second-order valence-electron chi connectivity index (χ2n) is 7.10. The summed E-state index contributed by atoms with van der Waals surface area (Å²) in [5.41, 5.74) is 0.0452. The van der Waals surface area contributed by atoms with Gasteiger partial charge in [-0.3, -0.25) is 0 Å². The van der Waals surface area contributed by atoms with Gasteiger partial charge in [0.15, 0.2) is 0 Å². The number of nitrogens with one attached hydrogen (secondary N) is 2. The van der Waals surface area contributed by atoms with Gasteiger partial charge >= 0.3 is 6.09 Å². The van der Waals surface area contributed by atoms with Crippen molar-refractivity contribution in [2.24, 2.45) is 10.8 Å². The number of ether oxygens (including phenoxy) is 1. The van der Waals surface area contributed by atoms with E-state index in [1.165, 1.54) is 0 Å². The summed E-state index contributed by atoms with van der Waals surface area (Å²) in [6, 6.07) is 0. The highest BCUT2D eigenvalue weighted by molar-refractivity contribution is 5.69. The van der Waals surface area contributed by atoms with Crippen molar-refractivity contribution < 1.29 is 9.53 Å². The number of carbonyl (C=O) groups is 1. The molecule has 3 aliphatic heterocycles. The molecule has 3 rings (SSSR count). The molecular formula is C13H23N3O2. The minimum absolute atomic E-state index is 0.155. The molecular weight excluding hydrogens is 230 g/mol. The molecule has 0 aromatic carbocycles. The molecule has 5 heteroatoms. The molecule has 0 spiro atoms. The number of rotatable bonds is 0. The van der Waals surface area contributed by atoms with Crippen LogP contribution in [0.3, 0.4) is 0 Å². The first-order chi connectivity index (χ1) is 8.36. The van der Waals surface area contributed by atoms with Crippen LogP contribution < -0.4 is 10.6 Å². The van der Waals surface area contributed by atoms with E-state index in [9.17, 15) is 4.79 Å². The number of nitrogens with zero attached hydrogens (tertiary/aromatic N) is 1. The Kier molecular flexibility index (Phi) is 2.45. The second kappa shape index (κ2) is 3.61. The maximum Gasteiger partial charge on any atom is 0.410 e. The first-order valence-electron chi connectivity index (χ1n) is 6.75. The molecule has 3 fully saturated rings. The van der Waals surface area contributed by atoms with E-state index < -0.39 is 5.60 Å². The molecule has 0 aliphatic carbocycles. The van der Waals surface area contributed by atoms with Gasteiger partial charge in [0.2, 0.25) is 0 Å². The molecule has 3 aliphatic rings. The summed E-state index contributed by atoms with van der Waals surface area (Å²) in [5, 5.41) is 6.99. The quantitative estimate of drug-likeness (QED) is 0.657. The SMILES string of the molecule is CC(C)(C)OC(=O)N1CC23CNCC2(CNC3)C1. The van der Waals surface area contributed by atoms with Crippen LogP contribution >= 0.6 is 0 Å². The summed E-state index contributed by atoms with van der Waals surface area (Å²) in [4.78, 5) is 14.1. The first kappa shape index (κ1) is 12.2. The van der Waals surface area contributed by atoms with Gasteiger partial charge in [-0.05, 0) is 20.8 Å². The Balaban J connectivity index is 1.75. The Bertz CT molecular complexity index is 345. The Morgan fingerprint density at radius 3 is 1.89 bits per heavy atom. The monoisotopic (exact) mass is 253 g/mol. The van der Waals surface area contributed by atoms with Crippen LogP contribution in [0.25, 0.3) is 0 Å². The normalized spacial score (nSPS) is 38.7. The third kappa shape index (κ3) is 1.64. The highest BCUT2D eigenvalue weighted by Gasteiger charge is 2.64. The van der Waals surface area contributed by atoms with Gasteiger partial charge < -0.3 is 20.3 Å². The summed E-state index contributed by atoms with van der Waals surface area (Å²) < 4.78 is 5.49. The fourth-order valence-electron chi connectivity index (χ4n) is 3.76. The predicted molar refractivity (Wildman–Crippen MR) is 68.4 cm³/mol. The number of hydrogen-bond donors (Lipinski definition) is 2. The van der Waals surface area contributed by atoms with E-state index in [1.54, 1.807) is 0 Å². The summed E-state index contributed by atoms with van der Waals surface area (Å²) in [5.74, 6) is 0. The fourth-order valence-corrected chi connectivity index (χ4v) is 3.76. The van der Waals surface area contributed by atoms with Crippen molar-refractivity contribution in [2.75, 3.05) is 39.3 Å². The number of hydrogen-bond acceptors (Lipinski definition) is 4. The van der Waals surface area contributed by atoms with Gasteiger partial charge in [-0.25, -0.2) is 4.79 Å². The topological polar surface area (TPSA) is 53.6 Å². The molecule has 0 atom stereocenters. The van der Waals surface area contributed by atoms with Crippen molar-refractivity contribution in [1.29, 1.82) is 0 Å². The first-order valence-corrected chi connectivity index (χ1v) is 6.75. The second-order valence-corrected chi connectivity index (χ2v) is 7.10. The molecule has 5 nitrogen and oxygen atoms in total. The molecule has 0 aromatic heterocycles. The average Bonchev–Trinajstić information content (AvgIpc) is 2.71. The van der Waals surface area contributed by atoms with Crippen molar-refractivity contribution in [3.05, 3.63) is 0 Å². The molecule has 1 amide bonds. The van der Waals surface area contributed by atoms with Crippen molar-refractivity contribution in [3.63, 3.8) is 0 Å². The van der Waals surface area contributed by atoms with E-state index >= 15 is 0 Å².